The van der Waals surface area contributed by atoms with Crippen molar-refractivity contribution in [3.8, 4) is 0 Å². The number of hydrogen-bond donors (Lipinski definition) is 1. The quantitative estimate of drug-likeness (QED) is 0.919. The first-order valence-corrected chi connectivity index (χ1v) is 5.82. The molecule has 1 heterocycles. The van der Waals surface area contributed by atoms with E-state index in [4.69, 9.17) is 5.73 Å². The number of nitrogen functional groups attached to an aromatic ring is 1. The lowest BCUT2D eigenvalue weighted by Crippen LogP contribution is -2.41. The molecular formula is C11H18BrN3. The topological polar surface area (TPSA) is 42.2 Å². The Morgan fingerprint density at radius 2 is 2.13 bits per heavy atom. The molecule has 4 heteroatoms. The minimum Gasteiger partial charge on any atom is -0.397 e. The number of aromatic nitrogens is 1. The van der Waals surface area contributed by atoms with Gasteiger partial charge in [-0.1, -0.05) is 6.92 Å². The Balaban J connectivity index is 3.06. The Labute approximate surface area is 99.8 Å². The summed E-state index contributed by atoms with van der Waals surface area (Å²) >= 11 is 3.49. The van der Waals surface area contributed by atoms with E-state index in [0.29, 0.717) is 5.69 Å². The van der Waals surface area contributed by atoms with E-state index in [0.717, 1.165) is 16.7 Å². The monoisotopic (exact) mass is 271 g/mol. The number of hydrogen-bond acceptors (Lipinski definition) is 3. The average Bonchev–Trinajstić information content (AvgIpc) is 2.17. The zero-order chi connectivity index (χ0) is 11.6. The molecule has 0 spiro atoms. The molecule has 0 aromatic carbocycles. The van der Waals surface area contributed by atoms with Gasteiger partial charge < -0.3 is 10.6 Å². The van der Waals surface area contributed by atoms with Gasteiger partial charge in [-0.05, 0) is 42.3 Å². The first-order chi connectivity index (χ1) is 6.88. The highest BCUT2D eigenvalue weighted by Gasteiger charge is 2.23. The summed E-state index contributed by atoms with van der Waals surface area (Å²) in [5.74, 6) is 0.927. The van der Waals surface area contributed by atoms with E-state index in [-0.39, 0.29) is 5.54 Å². The maximum atomic E-state index is 5.66. The lowest BCUT2D eigenvalue weighted by Gasteiger charge is -2.36. The largest absolute Gasteiger partial charge is 0.397 e. The Morgan fingerprint density at radius 1 is 1.53 bits per heavy atom. The average molecular weight is 272 g/mol. The number of rotatable bonds is 3. The van der Waals surface area contributed by atoms with Crippen molar-refractivity contribution in [2.45, 2.75) is 32.7 Å². The molecule has 0 radical (unpaired) electrons. The van der Waals surface area contributed by atoms with Crippen LogP contribution in [0.2, 0.25) is 0 Å². The second kappa shape index (κ2) is 4.39. The summed E-state index contributed by atoms with van der Waals surface area (Å²) < 4.78 is 0.937. The molecule has 1 aromatic rings. The molecule has 2 N–H and O–H groups in total. The maximum Gasteiger partial charge on any atom is 0.143 e. The fourth-order valence-corrected chi connectivity index (χ4v) is 1.85. The molecule has 0 fully saturated rings. The lowest BCUT2D eigenvalue weighted by atomic mass is 10.00. The van der Waals surface area contributed by atoms with Crippen molar-refractivity contribution in [3.63, 3.8) is 0 Å². The highest BCUT2D eigenvalue weighted by Crippen LogP contribution is 2.30. The standard InChI is InChI=1S/C11H18BrN3/c1-5-11(2,3)15(4)10-9(12)6-8(13)7-14-10/h6-7H,5,13H2,1-4H3. The van der Waals surface area contributed by atoms with E-state index in [2.05, 4.69) is 46.6 Å². The number of anilines is 2. The van der Waals surface area contributed by atoms with Crippen LogP contribution < -0.4 is 10.6 Å². The van der Waals surface area contributed by atoms with Crippen LogP contribution in [-0.2, 0) is 0 Å². The molecule has 0 aliphatic heterocycles. The van der Waals surface area contributed by atoms with Crippen LogP contribution >= 0.6 is 15.9 Å². The van der Waals surface area contributed by atoms with Crippen molar-refractivity contribution < 1.29 is 0 Å². The summed E-state index contributed by atoms with van der Waals surface area (Å²) in [5.41, 5.74) is 6.42. The van der Waals surface area contributed by atoms with Crippen molar-refractivity contribution in [1.29, 1.82) is 0 Å². The zero-order valence-corrected chi connectivity index (χ0v) is 11.3. The SMILES string of the molecule is CCC(C)(C)N(C)c1ncc(N)cc1Br. The van der Waals surface area contributed by atoms with Crippen LogP contribution in [0.3, 0.4) is 0 Å². The predicted molar refractivity (Wildman–Crippen MR) is 69.1 cm³/mol. The molecule has 0 atom stereocenters. The molecule has 0 saturated heterocycles. The van der Waals surface area contributed by atoms with Gasteiger partial charge in [0.25, 0.3) is 0 Å². The second-order valence-corrected chi connectivity index (χ2v) is 5.15. The molecule has 0 saturated carbocycles. The first kappa shape index (κ1) is 12.3. The molecule has 15 heavy (non-hydrogen) atoms. The van der Waals surface area contributed by atoms with Crippen LogP contribution in [0.5, 0.6) is 0 Å². The smallest absolute Gasteiger partial charge is 0.143 e. The summed E-state index contributed by atoms with van der Waals surface area (Å²) in [6.45, 7) is 6.55. The summed E-state index contributed by atoms with van der Waals surface area (Å²) in [4.78, 5) is 6.51. The van der Waals surface area contributed by atoms with Crippen molar-refractivity contribution in [3.05, 3.63) is 16.7 Å². The number of nitrogens with two attached hydrogens (primary N) is 1. The molecule has 0 amide bonds. The fourth-order valence-electron chi connectivity index (χ4n) is 1.22. The van der Waals surface area contributed by atoms with Crippen molar-refractivity contribution >= 4 is 27.4 Å². The van der Waals surface area contributed by atoms with Gasteiger partial charge in [0.2, 0.25) is 0 Å². The highest BCUT2D eigenvalue weighted by atomic mass is 79.9. The lowest BCUT2D eigenvalue weighted by molar-refractivity contribution is 0.467. The molecule has 1 aromatic heterocycles. The van der Waals surface area contributed by atoms with Gasteiger partial charge in [-0.15, -0.1) is 0 Å². The summed E-state index contributed by atoms with van der Waals surface area (Å²) in [6, 6.07) is 1.88. The van der Waals surface area contributed by atoms with E-state index < -0.39 is 0 Å². The van der Waals surface area contributed by atoms with Crippen LogP contribution in [0.1, 0.15) is 27.2 Å². The third-order valence-electron chi connectivity index (χ3n) is 2.93. The van der Waals surface area contributed by atoms with Crippen molar-refractivity contribution in [1.82, 2.24) is 4.98 Å². The molecule has 0 aliphatic rings. The minimum absolute atomic E-state index is 0.0889. The van der Waals surface area contributed by atoms with E-state index in [1.807, 2.05) is 13.1 Å². The summed E-state index contributed by atoms with van der Waals surface area (Å²) in [6.07, 6.45) is 2.74. The molecular weight excluding hydrogens is 254 g/mol. The molecule has 0 bridgehead atoms. The first-order valence-electron chi connectivity index (χ1n) is 5.03. The van der Waals surface area contributed by atoms with Gasteiger partial charge in [0.15, 0.2) is 0 Å². The minimum atomic E-state index is 0.0889. The van der Waals surface area contributed by atoms with Gasteiger partial charge in [0.05, 0.1) is 16.4 Å². The maximum absolute atomic E-state index is 5.66. The van der Waals surface area contributed by atoms with Crippen molar-refractivity contribution in [2.75, 3.05) is 17.7 Å². The van der Waals surface area contributed by atoms with Gasteiger partial charge in [-0.3, -0.25) is 0 Å². The zero-order valence-electron chi connectivity index (χ0n) is 9.71. The van der Waals surface area contributed by atoms with Crippen LogP contribution in [0.25, 0.3) is 0 Å². The molecule has 0 aliphatic carbocycles. The van der Waals surface area contributed by atoms with Crippen LogP contribution in [-0.4, -0.2) is 17.6 Å². The Morgan fingerprint density at radius 3 is 2.60 bits per heavy atom. The summed E-state index contributed by atoms with van der Waals surface area (Å²) in [7, 11) is 2.05. The number of nitrogens with zero attached hydrogens (tertiary/aromatic N) is 2. The van der Waals surface area contributed by atoms with Crippen LogP contribution in [0.15, 0.2) is 16.7 Å². The number of halogens is 1. The van der Waals surface area contributed by atoms with Crippen LogP contribution in [0.4, 0.5) is 11.5 Å². The van der Waals surface area contributed by atoms with E-state index in [1.165, 1.54) is 0 Å². The summed E-state index contributed by atoms with van der Waals surface area (Å²) in [5, 5.41) is 0. The van der Waals surface area contributed by atoms with E-state index in [9.17, 15) is 0 Å². The number of pyridine rings is 1. The molecule has 84 valence electrons. The molecule has 3 nitrogen and oxygen atoms in total. The normalized spacial score (nSPS) is 11.5. The van der Waals surface area contributed by atoms with Gasteiger partial charge in [0, 0.05) is 12.6 Å². The van der Waals surface area contributed by atoms with Gasteiger partial charge in [-0.25, -0.2) is 4.98 Å². The molecule has 0 unspecified atom stereocenters. The van der Waals surface area contributed by atoms with Crippen LogP contribution in [0, 0.1) is 0 Å². The Hall–Kier alpha value is -0.770. The van der Waals surface area contributed by atoms with E-state index >= 15 is 0 Å². The van der Waals surface area contributed by atoms with Gasteiger partial charge in [0.1, 0.15) is 5.82 Å². The second-order valence-electron chi connectivity index (χ2n) is 4.30. The Kier molecular flexibility index (Phi) is 3.60. The van der Waals surface area contributed by atoms with Gasteiger partial charge in [-0.2, -0.15) is 0 Å². The van der Waals surface area contributed by atoms with Crippen molar-refractivity contribution in [2.24, 2.45) is 0 Å². The van der Waals surface area contributed by atoms with E-state index in [1.54, 1.807) is 6.20 Å². The van der Waals surface area contributed by atoms with Gasteiger partial charge >= 0.3 is 0 Å². The Bertz CT molecular complexity index is 350. The molecule has 1 rings (SSSR count). The predicted octanol–water partition coefficient (Wildman–Crippen LogP) is 3.05. The highest BCUT2D eigenvalue weighted by molar-refractivity contribution is 9.10. The third kappa shape index (κ3) is 2.62. The third-order valence-corrected chi connectivity index (χ3v) is 3.52. The fraction of sp³-hybridized carbons (Fsp3) is 0.545.